The number of nitrogens with two attached hydrogens (primary N) is 1. The van der Waals surface area contributed by atoms with Crippen LogP contribution in [0.5, 0.6) is 0 Å². The summed E-state index contributed by atoms with van der Waals surface area (Å²) in [6.45, 7) is 0.360. The third-order valence-electron chi connectivity index (χ3n) is 3.70. The molecule has 0 aliphatic carbocycles. The van der Waals surface area contributed by atoms with Crippen LogP contribution in [0.1, 0.15) is 16.5 Å². The van der Waals surface area contributed by atoms with Gasteiger partial charge in [-0.25, -0.2) is 0 Å². The molecule has 24 heavy (non-hydrogen) atoms. The second-order valence-electron chi connectivity index (χ2n) is 5.37. The zero-order valence-electron chi connectivity index (χ0n) is 13.0. The zero-order chi connectivity index (χ0) is 16.8. The molecule has 1 amide bonds. The van der Waals surface area contributed by atoms with Gasteiger partial charge in [0.2, 0.25) is 0 Å². The predicted octanol–water partition coefficient (Wildman–Crippen LogP) is 3.80. The number of nitrogens with one attached hydrogen (secondary N) is 1. The molecule has 0 saturated carbocycles. The summed E-state index contributed by atoms with van der Waals surface area (Å²) in [5, 5.41) is 7.10. The topological polar surface area (TPSA) is 45.7 Å². The molecule has 122 valence electrons. The monoisotopic (exact) mass is 401 g/mol. The molecule has 3 nitrogen and oxygen atoms in total. The van der Waals surface area contributed by atoms with Crippen LogP contribution in [0.25, 0.3) is 0 Å². The van der Waals surface area contributed by atoms with E-state index < -0.39 is 0 Å². The van der Waals surface area contributed by atoms with Gasteiger partial charge in [0.25, 0.3) is 5.91 Å². The third-order valence-corrected chi connectivity index (χ3v) is 5.34. The summed E-state index contributed by atoms with van der Waals surface area (Å²) in [5.41, 5.74) is 2.00. The zero-order valence-corrected chi connectivity index (χ0v) is 15.4. The molecule has 3 rings (SSSR count). The first-order valence-corrected chi connectivity index (χ1v) is 9.37. The van der Waals surface area contributed by atoms with Gasteiger partial charge in [-0.2, -0.15) is 0 Å². The normalized spacial score (nSPS) is 11.9. The van der Waals surface area contributed by atoms with Crippen molar-refractivity contribution in [2.24, 2.45) is 0 Å². The second kappa shape index (κ2) is 8.24. The number of hydrogen-bond donors (Lipinski definition) is 2. The van der Waals surface area contributed by atoms with Gasteiger partial charge in [-0.15, -0.1) is 11.3 Å². The van der Waals surface area contributed by atoms with E-state index in [2.05, 4.69) is 50.1 Å². The number of rotatable bonds is 6. The fraction of sp³-hybridized carbons (Fsp3) is 0.105. The van der Waals surface area contributed by atoms with E-state index in [4.69, 9.17) is 0 Å². The molecule has 3 N–H and O–H groups in total. The van der Waals surface area contributed by atoms with E-state index in [1.165, 1.54) is 10.4 Å². The molecule has 0 spiro atoms. The van der Waals surface area contributed by atoms with Gasteiger partial charge in [0.15, 0.2) is 6.54 Å². The first kappa shape index (κ1) is 16.9. The lowest BCUT2D eigenvalue weighted by molar-refractivity contribution is -0.675. The minimum absolute atomic E-state index is 0.0145. The number of halogens is 1. The number of benzene rings is 2. The minimum Gasteiger partial charge on any atom is -0.328 e. The molecule has 1 aromatic heterocycles. The number of para-hydroxylation sites is 1. The van der Waals surface area contributed by atoms with E-state index in [9.17, 15) is 4.79 Å². The Balaban J connectivity index is 1.68. The SMILES string of the molecule is O=C(C[NH2+][C@@H](c1ccccc1)c1cccs1)Nc1ccccc1Br. The molecule has 5 heteroatoms. The van der Waals surface area contributed by atoms with E-state index in [1.807, 2.05) is 48.5 Å². The van der Waals surface area contributed by atoms with Crippen molar-refractivity contribution in [2.45, 2.75) is 6.04 Å². The average Bonchev–Trinajstić information content (AvgIpc) is 3.12. The Labute approximate surface area is 153 Å². The smallest absolute Gasteiger partial charge is 0.279 e. The maximum atomic E-state index is 12.3. The highest BCUT2D eigenvalue weighted by Gasteiger charge is 2.19. The third kappa shape index (κ3) is 4.32. The van der Waals surface area contributed by atoms with Crippen molar-refractivity contribution < 1.29 is 10.1 Å². The number of quaternary nitrogens is 1. The Bertz CT molecular complexity index is 790. The van der Waals surface area contributed by atoms with E-state index >= 15 is 0 Å². The quantitative estimate of drug-likeness (QED) is 0.647. The van der Waals surface area contributed by atoms with Crippen LogP contribution in [-0.4, -0.2) is 12.5 Å². The summed E-state index contributed by atoms with van der Waals surface area (Å²) < 4.78 is 0.885. The number of amides is 1. The molecule has 0 unspecified atom stereocenters. The molecule has 1 heterocycles. The number of anilines is 1. The molecule has 0 fully saturated rings. The highest BCUT2D eigenvalue weighted by Crippen LogP contribution is 2.23. The van der Waals surface area contributed by atoms with Gasteiger partial charge in [-0.3, -0.25) is 4.79 Å². The van der Waals surface area contributed by atoms with Gasteiger partial charge in [0, 0.05) is 10.0 Å². The minimum atomic E-state index is -0.0145. The Hall–Kier alpha value is -1.95. The summed E-state index contributed by atoms with van der Waals surface area (Å²) >= 11 is 5.16. The van der Waals surface area contributed by atoms with Crippen molar-refractivity contribution >= 4 is 38.9 Å². The van der Waals surface area contributed by atoms with E-state index in [0.29, 0.717) is 6.54 Å². The van der Waals surface area contributed by atoms with Gasteiger partial charge in [0.05, 0.1) is 10.6 Å². The Morgan fingerprint density at radius 1 is 1.04 bits per heavy atom. The maximum Gasteiger partial charge on any atom is 0.279 e. The van der Waals surface area contributed by atoms with E-state index in [1.54, 1.807) is 11.3 Å². The summed E-state index contributed by atoms with van der Waals surface area (Å²) in [5.74, 6) is -0.0145. The molecule has 0 saturated heterocycles. The molecule has 2 aromatic carbocycles. The standard InChI is InChI=1S/C19H17BrN2OS/c20-15-9-4-5-10-16(15)22-18(23)13-21-19(17-11-6-12-24-17)14-7-2-1-3-8-14/h1-12,19,21H,13H2,(H,22,23)/p+1/t19-/m0/s1. The van der Waals surface area contributed by atoms with Gasteiger partial charge in [0.1, 0.15) is 6.04 Å². The maximum absolute atomic E-state index is 12.3. The van der Waals surface area contributed by atoms with Crippen molar-refractivity contribution in [3.05, 3.63) is 87.0 Å². The predicted molar refractivity (Wildman–Crippen MR) is 102 cm³/mol. The van der Waals surface area contributed by atoms with E-state index in [0.717, 1.165) is 10.2 Å². The first-order valence-electron chi connectivity index (χ1n) is 7.70. The van der Waals surface area contributed by atoms with Gasteiger partial charge >= 0.3 is 0 Å². The second-order valence-corrected chi connectivity index (χ2v) is 7.21. The molecule has 0 bridgehead atoms. The van der Waals surface area contributed by atoms with Crippen LogP contribution in [-0.2, 0) is 4.79 Å². The lowest BCUT2D eigenvalue weighted by atomic mass is 10.1. The van der Waals surface area contributed by atoms with Crippen molar-refractivity contribution in [1.82, 2.24) is 0 Å². The van der Waals surface area contributed by atoms with Crippen LogP contribution in [0.15, 0.2) is 76.6 Å². The van der Waals surface area contributed by atoms with Crippen LogP contribution < -0.4 is 10.6 Å². The molecular weight excluding hydrogens is 384 g/mol. The number of carbonyl (C=O) groups excluding carboxylic acids is 1. The van der Waals surface area contributed by atoms with Crippen LogP contribution >= 0.6 is 27.3 Å². The fourth-order valence-electron chi connectivity index (χ4n) is 2.53. The number of hydrogen-bond acceptors (Lipinski definition) is 2. The summed E-state index contributed by atoms with van der Waals surface area (Å²) in [6, 6.07) is 22.2. The average molecular weight is 402 g/mol. The Morgan fingerprint density at radius 3 is 2.50 bits per heavy atom. The fourth-order valence-corrected chi connectivity index (χ4v) is 3.77. The molecule has 3 aromatic rings. The van der Waals surface area contributed by atoms with Crippen LogP contribution in [0.4, 0.5) is 5.69 Å². The Morgan fingerprint density at radius 2 is 1.79 bits per heavy atom. The van der Waals surface area contributed by atoms with Crippen LogP contribution in [0.2, 0.25) is 0 Å². The highest BCUT2D eigenvalue weighted by molar-refractivity contribution is 9.10. The van der Waals surface area contributed by atoms with Crippen molar-refractivity contribution in [2.75, 3.05) is 11.9 Å². The first-order chi connectivity index (χ1) is 11.7. The van der Waals surface area contributed by atoms with Gasteiger partial charge < -0.3 is 10.6 Å². The van der Waals surface area contributed by atoms with Crippen LogP contribution in [0.3, 0.4) is 0 Å². The number of thiophene rings is 1. The molecular formula is C19H18BrN2OS+. The lowest BCUT2D eigenvalue weighted by Gasteiger charge is -2.15. The summed E-state index contributed by atoms with van der Waals surface area (Å²) in [6.07, 6.45) is 0. The van der Waals surface area contributed by atoms with Crippen molar-refractivity contribution in [3.63, 3.8) is 0 Å². The molecule has 1 atom stereocenters. The lowest BCUT2D eigenvalue weighted by Crippen LogP contribution is -2.87. The number of carbonyl (C=O) groups is 1. The Kier molecular flexibility index (Phi) is 5.80. The van der Waals surface area contributed by atoms with Gasteiger partial charge in [-0.1, -0.05) is 48.5 Å². The van der Waals surface area contributed by atoms with Crippen molar-refractivity contribution in [1.29, 1.82) is 0 Å². The van der Waals surface area contributed by atoms with Crippen LogP contribution in [0, 0.1) is 0 Å². The van der Waals surface area contributed by atoms with E-state index in [-0.39, 0.29) is 11.9 Å². The molecule has 0 aliphatic rings. The highest BCUT2D eigenvalue weighted by atomic mass is 79.9. The summed E-state index contributed by atoms with van der Waals surface area (Å²) in [4.78, 5) is 13.6. The summed E-state index contributed by atoms with van der Waals surface area (Å²) in [7, 11) is 0. The van der Waals surface area contributed by atoms with Crippen molar-refractivity contribution in [3.8, 4) is 0 Å². The van der Waals surface area contributed by atoms with Gasteiger partial charge in [-0.05, 0) is 39.5 Å². The molecule has 0 aliphatic heterocycles. The largest absolute Gasteiger partial charge is 0.328 e. The molecule has 0 radical (unpaired) electrons.